The van der Waals surface area contributed by atoms with Crippen LogP contribution in [0.3, 0.4) is 0 Å². The number of H-pyrrole nitrogens is 2. The topological polar surface area (TPSA) is 242 Å². The number of anilines is 1. The molecule has 2 atom stereocenters. The molecule has 0 spiro atoms. The summed E-state index contributed by atoms with van der Waals surface area (Å²) in [6.07, 6.45) is 1.40. The van der Waals surface area contributed by atoms with E-state index in [0.717, 1.165) is 0 Å². The second-order valence-electron chi connectivity index (χ2n) is 14.1. The van der Waals surface area contributed by atoms with Gasteiger partial charge in [0.15, 0.2) is 0 Å². The van der Waals surface area contributed by atoms with E-state index in [2.05, 4.69) is 31.2 Å². The summed E-state index contributed by atoms with van der Waals surface area (Å²) in [5, 5.41) is 10.3. The molecule has 6 aliphatic rings. The number of para-hydroxylation sites is 4. The van der Waals surface area contributed by atoms with Crippen LogP contribution in [0.25, 0.3) is 49.6 Å². The number of pyridine rings is 1. The molecule has 0 saturated carbocycles. The summed E-state index contributed by atoms with van der Waals surface area (Å²) in [6.45, 7) is 0. The van der Waals surface area contributed by atoms with Gasteiger partial charge in [-0.3, -0.25) is 59.3 Å². The number of nitrogens with zero attached hydrogens (tertiary/aromatic N) is 2. The number of hydrogen-bond donors (Lipinski definition) is 6. The Morgan fingerprint density at radius 2 is 1.41 bits per heavy atom. The highest BCUT2D eigenvalue weighted by molar-refractivity contribution is 6.52. The van der Waals surface area contributed by atoms with Crippen LogP contribution in [0.1, 0.15) is 53.7 Å². The first kappa shape index (κ1) is 30.3. The third-order valence-electron chi connectivity index (χ3n) is 11.3. The largest absolute Gasteiger partial charge is 0.371 e. The standard InChI is InChI=1S/C40H18N8O8/c49-33-13-9-11(21-23-19(13)25(37(53)45-33)29-31(27(23)39(55)47-35(21)51)43-17-7-3-1-5-15(17)41-29)12-10-14-20-24-22(12)36(52)48-40(56)28(24)32-30(26(20)38(54)46-34(14)50)42-16-6-2-4-8-18(16)44-32/h1-10,13,32,43-44H,(H,45,49,53)(H,46,50,54)(H,47,51,55)(H,48,52,56). The van der Waals surface area contributed by atoms with Gasteiger partial charge in [-0.25, -0.2) is 9.98 Å². The molecule has 0 fully saturated rings. The number of aromatic nitrogens is 3. The molecule has 4 aliphatic heterocycles. The van der Waals surface area contributed by atoms with E-state index in [1.807, 2.05) is 0 Å². The molecule has 6 N–H and O–H groups in total. The second kappa shape index (κ2) is 9.88. The molecule has 16 nitrogen and oxygen atoms in total. The summed E-state index contributed by atoms with van der Waals surface area (Å²) in [5.41, 5.74) is 0.268. The van der Waals surface area contributed by atoms with E-state index in [1.165, 1.54) is 12.1 Å². The highest BCUT2D eigenvalue weighted by Crippen LogP contribution is 2.46. The number of aliphatic imine (C=N–C) groups is 1. The van der Waals surface area contributed by atoms with Crippen molar-refractivity contribution in [3.8, 4) is 0 Å². The Morgan fingerprint density at radius 3 is 2.27 bits per heavy atom. The van der Waals surface area contributed by atoms with Crippen molar-refractivity contribution in [3.05, 3.63) is 125 Å². The molecule has 266 valence electrons. The number of rotatable bonds is 1. The molecule has 0 bridgehead atoms. The number of benzene rings is 4. The second-order valence-corrected chi connectivity index (χ2v) is 14.1. The number of carbonyl (C=O) groups excluding carboxylic acids is 6. The monoisotopic (exact) mass is 738 g/mol. The lowest BCUT2D eigenvalue weighted by atomic mass is 9.73. The van der Waals surface area contributed by atoms with E-state index in [0.29, 0.717) is 22.4 Å². The van der Waals surface area contributed by atoms with Crippen LogP contribution in [-0.4, -0.2) is 62.1 Å². The Labute approximate surface area is 308 Å². The van der Waals surface area contributed by atoms with Gasteiger partial charge in [0.25, 0.3) is 40.7 Å². The number of carbonyl (C=O) groups is 6. The van der Waals surface area contributed by atoms with Crippen LogP contribution in [0.4, 0.5) is 11.4 Å². The van der Waals surface area contributed by atoms with E-state index >= 15 is 0 Å². The van der Waals surface area contributed by atoms with Gasteiger partial charge in [-0.05, 0) is 47.0 Å². The summed E-state index contributed by atoms with van der Waals surface area (Å²) in [6, 6.07) is 14.2. The lowest BCUT2D eigenvalue weighted by Crippen LogP contribution is -2.62. The molecule has 0 saturated heterocycles. The van der Waals surface area contributed by atoms with Gasteiger partial charge in [-0.15, -0.1) is 0 Å². The summed E-state index contributed by atoms with van der Waals surface area (Å²) >= 11 is 0. The van der Waals surface area contributed by atoms with Crippen molar-refractivity contribution in [1.29, 1.82) is 0 Å². The predicted octanol–water partition coefficient (Wildman–Crippen LogP) is 0.138. The van der Waals surface area contributed by atoms with Crippen molar-refractivity contribution in [2.45, 2.75) is 12.0 Å². The SMILES string of the molecule is O=C1NC(=O)c2cc(C3=CC4C(=O)NC(=O)c5c4c4c3c(=O)[nH]c(=O)c4c3[nH]c4ccccc4nc53)c3c4c2=C1C1=Nc2ccccc2NC1C=4C(=O)NC3=O. The van der Waals surface area contributed by atoms with Crippen molar-refractivity contribution in [2.24, 2.45) is 4.99 Å². The minimum absolute atomic E-state index is 0.00446. The molecule has 12 rings (SSSR count). The summed E-state index contributed by atoms with van der Waals surface area (Å²) in [5.74, 6) is -6.15. The first-order valence-electron chi connectivity index (χ1n) is 17.3. The van der Waals surface area contributed by atoms with Crippen molar-refractivity contribution < 1.29 is 28.8 Å². The summed E-state index contributed by atoms with van der Waals surface area (Å²) in [4.78, 5) is 126. The van der Waals surface area contributed by atoms with E-state index < -0.39 is 58.5 Å². The van der Waals surface area contributed by atoms with Gasteiger partial charge >= 0.3 is 0 Å². The maximum atomic E-state index is 14.2. The van der Waals surface area contributed by atoms with Crippen molar-refractivity contribution in [1.82, 2.24) is 30.9 Å². The molecular weight excluding hydrogens is 720 g/mol. The maximum Gasteiger partial charge on any atom is 0.260 e. The molecular formula is C40H18N8O8. The molecule has 56 heavy (non-hydrogen) atoms. The predicted molar refractivity (Wildman–Crippen MR) is 199 cm³/mol. The molecule has 6 aromatic rings. The summed E-state index contributed by atoms with van der Waals surface area (Å²) < 4.78 is 0. The lowest BCUT2D eigenvalue weighted by Gasteiger charge is -2.36. The molecule has 0 radical (unpaired) electrons. The number of imide groups is 3. The lowest BCUT2D eigenvalue weighted by molar-refractivity contribution is -0.121. The Balaban J connectivity index is 1.26. The van der Waals surface area contributed by atoms with Gasteiger partial charge in [0.2, 0.25) is 5.91 Å². The summed E-state index contributed by atoms with van der Waals surface area (Å²) in [7, 11) is 0. The Morgan fingerprint density at radius 1 is 0.643 bits per heavy atom. The molecule has 16 heteroatoms. The molecule has 4 aromatic carbocycles. The normalized spacial score (nSPS) is 19.8. The van der Waals surface area contributed by atoms with E-state index in [1.54, 1.807) is 48.5 Å². The number of fused-ring (bicyclic) bond motifs is 8. The zero-order valence-corrected chi connectivity index (χ0v) is 28.1. The highest BCUT2D eigenvalue weighted by Gasteiger charge is 2.47. The van der Waals surface area contributed by atoms with E-state index in [4.69, 9.17) is 9.98 Å². The van der Waals surface area contributed by atoms with Crippen molar-refractivity contribution in [2.75, 3.05) is 5.32 Å². The molecule has 6 amide bonds. The average molecular weight is 739 g/mol. The third kappa shape index (κ3) is 3.52. The number of nitrogens with one attached hydrogen (secondary N) is 6. The minimum Gasteiger partial charge on any atom is -0.371 e. The number of amides is 6. The first-order chi connectivity index (χ1) is 27.1. The van der Waals surface area contributed by atoms with Crippen molar-refractivity contribution in [3.63, 3.8) is 0 Å². The van der Waals surface area contributed by atoms with Gasteiger partial charge in [-0.1, -0.05) is 30.3 Å². The Bertz CT molecular complexity index is 3500. The van der Waals surface area contributed by atoms with Gasteiger partial charge in [-0.2, -0.15) is 0 Å². The average Bonchev–Trinajstić information content (AvgIpc) is 3.17. The highest BCUT2D eigenvalue weighted by atomic mass is 16.2. The zero-order valence-electron chi connectivity index (χ0n) is 28.1. The van der Waals surface area contributed by atoms with Crippen LogP contribution in [0.15, 0.2) is 75.3 Å². The van der Waals surface area contributed by atoms with Crippen LogP contribution < -0.4 is 42.8 Å². The van der Waals surface area contributed by atoms with Gasteiger partial charge < -0.3 is 10.3 Å². The van der Waals surface area contributed by atoms with Crippen LogP contribution in [0, 0.1) is 0 Å². The van der Waals surface area contributed by atoms with Gasteiger partial charge in [0, 0.05) is 21.4 Å². The smallest absolute Gasteiger partial charge is 0.260 e. The Kier molecular flexibility index (Phi) is 5.35. The van der Waals surface area contributed by atoms with E-state index in [-0.39, 0.29) is 88.1 Å². The number of hydrogen-bond acceptors (Lipinski definition) is 11. The molecule has 6 heterocycles. The fourth-order valence-electron chi connectivity index (χ4n) is 9.14. The minimum atomic E-state index is -1.28. The maximum absolute atomic E-state index is 14.2. The quantitative estimate of drug-likeness (QED) is 0.0758. The van der Waals surface area contributed by atoms with Crippen LogP contribution >= 0.6 is 0 Å². The van der Waals surface area contributed by atoms with Gasteiger partial charge in [0.1, 0.15) is 11.6 Å². The zero-order chi connectivity index (χ0) is 38.0. The molecule has 2 unspecified atom stereocenters. The van der Waals surface area contributed by atoms with Crippen LogP contribution in [0.5, 0.6) is 0 Å². The third-order valence-corrected chi connectivity index (χ3v) is 11.3. The Hall–Kier alpha value is -8.14. The fourth-order valence-corrected chi connectivity index (χ4v) is 9.14. The van der Waals surface area contributed by atoms with Crippen molar-refractivity contribution >= 4 is 102 Å². The molecule has 2 aliphatic carbocycles. The van der Waals surface area contributed by atoms with Crippen LogP contribution in [-0.2, 0) is 14.4 Å². The molecule has 2 aromatic heterocycles. The first-order valence-corrected chi connectivity index (χ1v) is 17.3. The van der Waals surface area contributed by atoms with E-state index in [9.17, 15) is 38.4 Å². The fraction of sp³-hybridized carbons (Fsp3) is 0.0500. The van der Waals surface area contributed by atoms with Crippen LogP contribution in [0.2, 0.25) is 0 Å². The van der Waals surface area contributed by atoms with Gasteiger partial charge in [0.05, 0.1) is 72.8 Å². The number of aromatic amines is 2.